The van der Waals surface area contributed by atoms with Gasteiger partial charge in [0.05, 0.1) is 33.6 Å². The van der Waals surface area contributed by atoms with E-state index in [1.54, 1.807) is 6.20 Å². The smallest absolute Gasteiger partial charge is 0.370 e. The number of likely N-dealkylation sites (tertiary alicyclic amines) is 1. The molecule has 0 saturated carbocycles. The van der Waals surface area contributed by atoms with E-state index in [1.165, 1.54) is 6.07 Å². The molecule has 2 fully saturated rings. The quantitative estimate of drug-likeness (QED) is 0.525. The Labute approximate surface area is 225 Å². The zero-order chi connectivity index (χ0) is 27.8. The molecular weight excluding hydrogens is 505 g/mol. The van der Waals surface area contributed by atoms with Gasteiger partial charge in [0.2, 0.25) is 5.91 Å². The molecular formula is C29H31F3N6O. The Morgan fingerprint density at radius 1 is 1.13 bits per heavy atom. The highest BCUT2D eigenvalue weighted by atomic mass is 19.4. The Morgan fingerprint density at radius 2 is 1.90 bits per heavy atom. The van der Waals surface area contributed by atoms with Crippen LogP contribution in [0.15, 0.2) is 54.9 Å². The average molecular weight is 537 g/mol. The second-order valence-corrected chi connectivity index (χ2v) is 10.6. The molecule has 39 heavy (non-hydrogen) atoms. The highest BCUT2D eigenvalue weighted by molar-refractivity contribution is 5.89. The largest absolute Gasteiger partial charge is 0.416 e. The number of carbonyl (C=O) groups excluding carboxylic acids is 1. The third-order valence-corrected chi connectivity index (χ3v) is 8.09. The molecule has 0 bridgehead atoms. The lowest BCUT2D eigenvalue weighted by Crippen LogP contribution is -2.54. The number of nitrogens with one attached hydrogen (secondary N) is 1. The van der Waals surface area contributed by atoms with Gasteiger partial charge in [-0.15, -0.1) is 0 Å². The molecule has 2 aromatic heterocycles. The molecule has 2 aliphatic heterocycles. The summed E-state index contributed by atoms with van der Waals surface area (Å²) in [5.41, 5.74) is 1.33. The van der Waals surface area contributed by atoms with Crippen LogP contribution in [0.2, 0.25) is 0 Å². The SMILES string of the molecule is CN1CC[C@@H](NC(=O)C2(c3ccc(-c4cccn4C)nc3)CCN(c3ccc(C(F)(F)F)cc3C#N)CC2)C1. The molecule has 1 aromatic carbocycles. The standard InChI is InChI=1S/C29H31F3N6O/c1-36-13-9-23(19-36)35-27(39)28(22-5-7-24(34-18-22)26-4-3-12-37(26)2)10-14-38(15-11-28)25-8-6-21(29(30,31)32)16-20(25)17-33/h3-8,12,16,18,23H,9-11,13-15,19H2,1-2H3,(H,35,39)/t23-/m1/s1. The minimum atomic E-state index is -4.52. The summed E-state index contributed by atoms with van der Waals surface area (Å²) in [6.07, 6.45) is 0.970. The molecule has 3 aromatic rings. The number of rotatable bonds is 5. The zero-order valence-electron chi connectivity index (χ0n) is 22.0. The fraction of sp³-hybridized carbons (Fsp3) is 0.414. The molecule has 2 aliphatic rings. The van der Waals surface area contributed by atoms with Gasteiger partial charge in [0.25, 0.3) is 0 Å². The number of nitrogens with zero attached hydrogens (tertiary/aromatic N) is 5. The molecule has 5 rings (SSSR count). The summed E-state index contributed by atoms with van der Waals surface area (Å²) >= 11 is 0. The van der Waals surface area contributed by atoms with Gasteiger partial charge in [-0.3, -0.25) is 9.78 Å². The highest BCUT2D eigenvalue weighted by Gasteiger charge is 2.44. The van der Waals surface area contributed by atoms with Crippen LogP contribution in [0.1, 0.15) is 36.0 Å². The van der Waals surface area contributed by atoms with Crippen molar-refractivity contribution in [1.29, 1.82) is 5.26 Å². The molecule has 1 atom stereocenters. The van der Waals surface area contributed by atoms with Gasteiger partial charge in [0.1, 0.15) is 6.07 Å². The van der Waals surface area contributed by atoms with Gasteiger partial charge in [-0.05, 0) is 74.8 Å². The van der Waals surface area contributed by atoms with Crippen molar-refractivity contribution in [1.82, 2.24) is 19.8 Å². The maximum Gasteiger partial charge on any atom is 0.416 e. The fourth-order valence-electron chi connectivity index (χ4n) is 5.79. The lowest BCUT2D eigenvalue weighted by Gasteiger charge is -2.42. The second-order valence-electron chi connectivity index (χ2n) is 10.6. The lowest BCUT2D eigenvalue weighted by molar-refractivity contribution is -0.137. The number of aromatic nitrogens is 2. The van der Waals surface area contributed by atoms with E-state index in [-0.39, 0.29) is 17.5 Å². The van der Waals surface area contributed by atoms with E-state index < -0.39 is 17.2 Å². The van der Waals surface area contributed by atoms with Gasteiger partial charge in [0, 0.05) is 45.1 Å². The third kappa shape index (κ3) is 5.23. The summed E-state index contributed by atoms with van der Waals surface area (Å²) in [5.74, 6) is -0.0520. The van der Waals surface area contributed by atoms with Crippen LogP contribution in [-0.4, -0.2) is 59.6 Å². The summed E-state index contributed by atoms with van der Waals surface area (Å²) in [5, 5.41) is 12.9. The number of hydrogen-bond acceptors (Lipinski definition) is 5. The van der Waals surface area contributed by atoms with Gasteiger partial charge in [-0.25, -0.2) is 0 Å². The molecule has 2 saturated heterocycles. The Hall–Kier alpha value is -3.84. The van der Waals surface area contributed by atoms with Crippen LogP contribution in [0.3, 0.4) is 0 Å². The molecule has 0 radical (unpaired) electrons. The van der Waals surface area contributed by atoms with E-state index in [1.807, 2.05) is 60.1 Å². The van der Waals surface area contributed by atoms with Gasteiger partial charge in [-0.1, -0.05) is 6.07 Å². The fourth-order valence-corrected chi connectivity index (χ4v) is 5.79. The number of anilines is 1. The van der Waals surface area contributed by atoms with Gasteiger partial charge >= 0.3 is 6.18 Å². The van der Waals surface area contributed by atoms with Gasteiger partial charge < -0.3 is 19.7 Å². The van der Waals surface area contributed by atoms with Gasteiger partial charge in [0.15, 0.2) is 0 Å². The van der Waals surface area contributed by atoms with E-state index >= 15 is 0 Å². The number of piperidine rings is 1. The number of pyridine rings is 1. The minimum Gasteiger partial charge on any atom is -0.370 e. The van der Waals surface area contributed by atoms with Gasteiger partial charge in [-0.2, -0.15) is 18.4 Å². The Kier molecular flexibility index (Phi) is 7.12. The molecule has 0 unspecified atom stereocenters. The number of nitriles is 1. The first-order valence-electron chi connectivity index (χ1n) is 13.0. The summed E-state index contributed by atoms with van der Waals surface area (Å²) in [6.45, 7) is 2.54. The van der Waals surface area contributed by atoms with Crippen LogP contribution in [-0.2, 0) is 23.4 Å². The first kappa shape index (κ1) is 26.8. The Morgan fingerprint density at radius 3 is 2.46 bits per heavy atom. The van der Waals surface area contributed by atoms with E-state index in [0.717, 1.165) is 48.6 Å². The number of hydrogen-bond donors (Lipinski definition) is 1. The Balaban J connectivity index is 1.43. The number of benzene rings is 1. The first-order chi connectivity index (χ1) is 18.6. The topological polar surface area (TPSA) is 77.2 Å². The summed E-state index contributed by atoms with van der Waals surface area (Å²) in [7, 11) is 3.98. The number of alkyl halides is 3. The number of likely N-dealkylation sites (N-methyl/N-ethyl adjacent to an activating group) is 1. The molecule has 1 N–H and O–H groups in total. The number of carbonyl (C=O) groups is 1. The average Bonchev–Trinajstić information content (AvgIpc) is 3.55. The monoisotopic (exact) mass is 536 g/mol. The van der Waals surface area contributed by atoms with E-state index in [9.17, 15) is 23.2 Å². The summed E-state index contributed by atoms with van der Waals surface area (Å²) < 4.78 is 41.6. The van der Waals surface area contributed by atoms with Crippen molar-refractivity contribution in [2.75, 3.05) is 38.1 Å². The van der Waals surface area contributed by atoms with E-state index in [2.05, 4.69) is 10.2 Å². The number of aryl methyl sites for hydroxylation is 1. The molecule has 204 valence electrons. The molecule has 7 nitrogen and oxygen atoms in total. The molecule has 1 amide bonds. The van der Waals surface area contributed by atoms with E-state index in [4.69, 9.17) is 4.98 Å². The Bertz CT molecular complexity index is 1380. The lowest BCUT2D eigenvalue weighted by atomic mass is 9.72. The maximum atomic E-state index is 13.9. The zero-order valence-corrected chi connectivity index (χ0v) is 22.0. The third-order valence-electron chi connectivity index (χ3n) is 8.09. The van der Waals surface area contributed by atoms with Crippen LogP contribution < -0.4 is 10.2 Å². The second kappa shape index (κ2) is 10.4. The van der Waals surface area contributed by atoms with Crippen LogP contribution >= 0.6 is 0 Å². The number of amides is 1. The summed E-state index contributed by atoms with van der Waals surface area (Å²) in [4.78, 5) is 22.7. The normalized spacial score (nSPS) is 19.6. The highest BCUT2D eigenvalue weighted by Crippen LogP contribution is 2.40. The van der Waals surface area contributed by atoms with Crippen LogP contribution in [0.5, 0.6) is 0 Å². The van der Waals surface area contributed by atoms with Crippen molar-refractivity contribution in [3.63, 3.8) is 0 Å². The van der Waals surface area contributed by atoms with E-state index in [0.29, 0.717) is 31.6 Å². The first-order valence-corrected chi connectivity index (χ1v) is 13.0. The molecule has 10 heteroatoms. The van der Waals surface area contributed by atoms with Crippen LogP contribution in [0.4, 0.5) is 18.9 Å². The summed E-state index contributed by atoms with van der Waals surface area (Å²) in [6, 6.07) is 13.1. The maximum absolute atomic E-state index is 13.9. The van der Waals surface area contributed by atoms with Crippen molar-refractivity contribution >= 4 is 11.6 Å². The molecule has 0 aliphatic carbocycles. The van der Waals surface area contributed by atoms with Crippen LogP contribution in [0, 0.1) is 11.3 Å². The van der Waals surface area contributed by atoms with Crippen molar-refractivity contribution in [3.05, 3.63) is 71.5 Å². The molecule has 4 heterocycles. The predicted octanol–water partition coefficient (Wildman–Crippen LogP) is 4.34. The van der Waals surface area contributed by atoms with Crippen molar-refractivity contribution < 1.29 is 18.0 Å². The minimum absolute atomic E-state index is 0.0237. The van der Waals surface area contributed by atoms with Crippen molar-refractivity contribution in [3.8, 4) is 17.5 Å². The van der Waals surface area contributed by atoms with Crippen molar-refractivity contribution in [2.24, 2.45) is 7.05 Å². The number of halogens is 3. The van der Waals surface area contributed by atoms with Crippen LogP contribution in [0.25, 0.3) is 11.4 Å². The predicted molar refractivity (Wildman–Crippen MR) is 142 cm³/mol. The van der Waals surface area contributed by atoms with Crippen molar-refractivity contribution in [2.45, 2.75) is 36.9 Å². The molecule has 0 spiro atoms.